The van der Waals surface area contributed by atoms with Gasteiger partial charge in [-0.15, -0.1) is 0 Å². The Morgan fingerprint density at radius 1 is 1.22 bits per heavy atom. The molecule has 0 bridgehead atoms. The number of aryl methyl sites for hydroxylation is 1. The molecule has 0 N–H and O–H groups in total. The van der Waals surface area contributed by atoms with Crippen molar-refractivity contribution in [2.75, 3.05) is 11.9 Å². The van der Waals surface area contributed by atoms with Gasteiger partial charge in [-0.05, 0) is 50.2 Å². The van der Waals surface area contributed by atoms with Crippen LogP contribution in [0.3, 0.4) is 0 Å². The lowest BCUT2D eigenvalue weighted by molar-refractivity contribution is 0.340. The van der Waals surface area contributed by atoms with Crippen LogP contribution < -0.4 is 4.90 Å². The van der Waals surface area contributed by atoms with Crippen LogP contribution in [-0.4, -0.2) is 13.1 Å². The normalized spacial score (nSPS) is 23.4. The minimum Gasteiger partial charge on any atom is -0.370 e. The van der Waals surface area contributed by atoms with Gasteiger partial charge < -0.3 is 4.90 Å². The summed E-state index contributed by atoms with van der Waals surface area (Å²) in [5.74, 6) is 0.863. The maximum absolute atomic E-state index is 9.26. The minimum atomic E-state index is 0.592. The number of benzene rings is 1. The number of anilines is 1. The summed E-state index contributed by atoms with van der Waals surface area (Å²) in [7, 11) is 2.14. The molecule has 2 heteroatoms. The van der Waals surface area contributed by atoms with Gasteiger partial charge in [0.2, 0.25) is 0 Å². The summed E-state index contributed by atoms with van der Waals surface area (Å²) in [4.78, 5) is 2.33. The Morgan fingerprint density at radius 3 is 2.50 bits per heavy atom. The predicted octanol–water partition coefficient (Wildman–Crippen LogP) is 3.88. The monoisotopic (exact) mass is 242 g/mol. The summed E-state index contributed by atoms with van der Waals surface area (Å²) in [6.07, 6.45) is 5.11. The first-order valence-electron chi connectivity index (χ1n) is 6.86. The molecule has 1 aliphatic carbocycles. The Hall–Kier alpha value is -1.49. The second-order valence-corrected chi connectivity index (χ2v) is 5.61. The lowest BCUT2D eigenvalue weighted by atomic mass is 9.86. The van der Waals surface area contributed by atoms with E-state index in [1.165, 1.54) is 31.2 Å². The van der Waals surface area contributed by atoms with Crippen LogP contribution in [-0.2, 0) is 0 Å². The molecule has 2 rings (SSSR count). The van der Waals surface area contributed by atoms with E-state index in [-0.39, 0.29) is 0 Å². The van der Waals surface area contributed by atoms with Gasteiger partial charge in [0.15, 0.2) is 0 Å². The van der Waals surface area contributed by atoms with Crippen molar-refractivity contribution in [1.82, 2.24) is 0 Å². The molecule has 0 heterocycles. The molecule has 0 spiro atoms. The molecule has 1 aliphatic rings. The van der Waals surface area contributed by atoms with Crippen molar-refractivity contribution >= 4 is 5.69 Å². The second kappa shape index (κ2) is 5.44. The molecule has 1 aromatic carbocycles. The number of hydrogen-bond donors (Lipinski definition) is 0. The largest absolute Gasteiger partial charge is 0.370 e. The molecule has 0 atom stereocenters. The summed E-state index contributed by atoms with van der Waals surface area (Å²) in [5.41, 5.74) is 3.13. The number of para-hydroxylation sites is 1. The lowest BCUT2D eigenvalue weighted by Crippen LogP contribution is -2.35. The van der Waals surface area contributed by atoms with Crippen LogP contribution in [0, 0.1) is 24.2 Å². The van der Waals surface area contributed by atoms with E-state index in [4.69, 9.17) is 0 Å². The maximum Gasteiger partial charge on any atom is 0.101 e. The van der Waals surface area contributed by atoms with Crippen molar-refractivity contribution < 1.29 is 0 Å². The highest BCUT2D eigenvalue weighted by molar-refractivity contribution is 5.64. The Balaban J connectivity index is 2.23. The van der Waals surface area contributed by atoms with Crippen molar-refractivity contribution in [3.63, 3.8) is 0 Å². The minimum absolute atomic E-state index is 0.592. The van der Waals surface area contributed by atoms with E-state index in [0.717, 1.165) is 17.2 Å². The van der Waals surface area contributed by atoms with Crippen molar-refractivity contribution in [2.45, 2.75) is 45.6 Å². The van der Waals surface area contributed by atoms with Crippen LogP contribution in [0.15, 0.2) is 18.2 Å². The first-order chi connectivity index (χ1) is 8.63. The van der Waals surface area contributed by atoms with Crippen LogP contribution in [0.25, 0.3) is 0 Å². The SMILES string of the molecule is Cc1cccc(C#N)c1N(C)C1CCC(C)CC1. The standard InChI is InChI=1S/C16H22N2/c1-12-7-9-15(10-8-12)18(3)16-13(2)5-4-6-14(16)11-17/h4-6,12,15H,7-10H2,1-3H3. The third-order valence-electron chi connectivity index (χ3n) is 4.24. The van der Waals surface area contributed by atoms with E-state index in [0.29, 0.717) is 6.04 Å². The van der Waals surface area contributed by atoms with E-state index in [1.54, 1.807) is 0 Å². The Kier molecular flexibility index (Phi) is 3.91. The predicted molar refractivity (Wildman–Crippen MR) is 75.7 cm³/mol. The van der Waals surface area contributed by atoms with Crippen LogP contribution in [0.2, 0.25) is 0 Å². The average molecular weight is 242 g/mol. The van der Waals surface area contributed by atoms with Gasteiger partial charge in [-0.2, -0.15) is 5.26 Å². The maximum atomic E-state index is 9.26. The number of rotatable bonds is 2. The quantitative estimate of drug-likeness (QED) is 0.787. The van der Waals surface area contributed by atoms with Crippen LogP contribution in [0.1, 0.15) is 43.7 Å². The third-order valence-corrected chi connectivity index (χ3v) is 4.24. The zero-order valence-corrected chi connectivity index (χ0v) is 11.6. The van der Waals surface area contributed by atoms with Crippen LogP contribution >= 0.6 is 0 Å². The summed E-state index contributed by atoms with van der Waals surface area (Å²) >= 11 is 0. The summed E-state index contributed by atoms with van der Waals surface area (Å²) < 4.78 is 0. The Labute approximate surface area is 110 Å². The van der Waals surface area contributed by atoms with E-state index >= 15 is 0 Å². The van der Waals surface area contributed by atoms with E-state index in [1.807, 2.05) is 12.1 Å². The zero-order valence-electron chi connectivity index (χ0n) is 11.6. The molecular weight excluding hydrogens is 220 g/mol. The van der Waals surface area contributed by atoms with Crippen molar-refractivity contribution in [3.05, 3.63) is 29.3 Å². The summed E-state index contributed by atoms with van der Waals surface area (Å²) in [5, 5.41) is 9.26. The molecule has 96 valence electrons. The summed E-state index contributed by atoms with van der Waals surface area (Å²) in [6, 6.07) is 8.90. The van der Waals surface area contributed by atoms with Crippen molar-refractivity contribution in [1.29, 1.82) is 5.26 Å². The molecule has 0 unspecified atom stereocenters. The summed E-state index contributed by atoms with van der Waals surface area (Å²) in [6.45, 7) is 4.43. The molecule has 0 amide bonds. The Morgan fingerprint density at radius 2 is 1.89 bits per heavy atom. The smallest absolute Gasteiger partial charge is 0.101 e. The van der Waals surface area contributed by atoms with Crippen LogP contribution in [0.5, 0.6) is 0 Å². The molecule has 2 nitrogen and oxygen atoms in total. The second-order valence-electron chi connectivity index (χ2n) is 5.61. The van der Waals surface area contributed by atoms with Gasteiger partial charge in [-0.25, -0.2) is 0 Å². The van der Waals surface area contributed by atoms with Gasteiger partial charge in [-0.3, -0.25) is 0 Å². The van der Waals surface area contributed by atoms with Crippen LogP contribution in [0.4, 0.5) is 5.69 Å². The molecule has 1 fully saturated rings. The van der Waals surface area contributed by atoms with Crippen molar-refractivity contribution in [2.24, 2.45) is 5.92 Å². The zero-order chi connectivity index (χ0) is 13.1. The topological polar surface area (TPSA) is 27.0 Å². The number of nitriles is 1. The molecular formula is C16H22N2. The molecule has 0 aromatic heterocycles. The van der Waals surface area contributed by atoms with E-state index < -0.39 is 0 Å². The van der Waals surface area contributed by atoms with Gasteiger partial charge in [0, 0.05) is 13.1 Å². The van der Waals surface area contributed by atoms with E-state index in [9.17, 15) is 5.26 Å². The fourth-order valence-electron chi connectivity index (χ4n) is 3.03. The van der Waals surface area contributed by atoms with Gasteiger partial charge in [0.05, 0.1) is 11.3 Å². The fourth-order valence-corrected chi connectivity index (χ4v) is 3.03. The highest BCUT2D eigenvalue weighted by Gasteiger charge is 2.23. The number of hydrogen-bond acceptors (Lipinski definition) is 2. The van der Waals surface area contributed by atoms with Crippen molar-refractivity contribution in [3.8, 4) is 6.07 Å². The molecule has 1 aromatic rings. The first kappa shape index (κ1) is 13.0. The van der Waals surface area contributed by atoms with E-state index in [2.05, 4.69) is 37.9 Å². The highest BCUT2D eigenvalue weighted by Crippen LogP contribution is 2.32. The molecule has 0 aliphatic heterocycles. The van der Waals surface area contributed by atoms with Gasteiger partial charge in [0.25, 0.3) is 0 Å². The van der Waals surface area contributed by atoms with Gasteiger partial charge >= 0.3 is 0 Å². The molecule has 0 saturated heterocycles. The van der Waals surface area contributed by atoms with Gasteiger partial charge in [0.1, 0.15) is 6.07 Å². The van der Waals surface area contributed by atoms with Gasteiger partial charge in [-0.1, -0.05) is 19.1 Å². The molecule has 18 heavy (non-hydrogen) atoms. The third kappa shape index (κ3) is 2.51. The molecule has 1 saturated carbocycles. The highest BCUT2D eigenvalue weighted by atomic mass is 15.1. The average Bonchev–Trinajstić information content (AvgIpc) is 2.38. The fraction of sp³-hybridized carbons (Fsp3) is 0.562. The lowest BCUT2D eigenvalue weighted by Gasteiger charge is -2.36. The first-order valence-corrected chi connectivity index (χ1v) is 6.86. The number of nitrogens with zero attached hydrogens (tertiary/aromatic N) is 2. The Bertz CT molecular complexity index is 451. The molecule has 0 radical (unpaired) electrons.